The Morgan fingerprint density at radius 3 is 2.50 bits per heavy atom. The second-order valence-electron chi connectivity index (χ2n) is 7.75. The van der Waals surface area contributed by atoms with Crippen LogP contribution in [0.4, 0.5) is 5.69 Å². The summed E-state index contributed by atoms with van der Waals surface area (Å²) in [7, 11) is 1.66. The first kappa shape index (κ1) is 21.6. The van der Waals surface area contributed by atoms with E-state index < -0.39 is 0 Å². The van der Waals surface area contributed by atoms with Crippen LogP contribution in [0.1, 0.15) is 45.4 Å². The number of rotatable bonds is 8. The molecule has 166 valence electrons. The molecule has 1 unspecified atom stereocenters. The van der Waals surface area contributed by atoms with Crippen LogP contribution in [0, 0.1) is 0 Å². The van der Waals surface area contributed by atoms with Crippen LogP contribution in [-0.4, -0.2) is 43.5 Å². The van der Waals surface area contributed by atoms with Gasteiger partial charge in [0.1, 0.15) is 5.75 Å². The molecule has 0 saturated carbocycles. The van der Waals surface area contributed by atoms with Crippen LogP contribution in [-0.2, 0) is 0 Å². The van der Waals surface area contributed by atoms with Gasteiger partial charge in [0.25, 0.3) is 11.8 Å². The molecule has 1 aliphatic heterocycles. The Balaban J connectivity index is 1.39. The average molecular weight is 434 g/mol. The molecule has 7 nitrogen and oxygen atoms in total. The molecular weight excluding hydrogens is 406 g/mol. The fraction of sp³-hybridized carbons (Fsp3) is 0.280. The topological polar surface area (TPSA) is 83.8 Å². The number of methoxy groups -OCH3 is 1. The molecule has 2 heterocycles. The highest BCUT2D eigenvalue weighted by Crippen LogP contribution is 2.27. The van der Waals surface area contributed by atoms with Crippen LogP contribution in [0.3, 0.4) is 0 Å². The van der Waals surface area contributed by atoms with Gasteiger partial charge in [0.05, 0.1) is 19.4 Å². The number of benzene rings is 2. The summed E-state index contributed by atoms with van der Waals surface area (Å²) in [6.45, 7) is 2.53. The van der Waals surface area contributed by atoms with Crippen molar-refractivity contribution in [3.8, 4) is 5.75 Å². The number of likely N-dealkylation sites (tertiary alicyclic amines) is 1. The van der Waals surface area contributed by atoms with Crippen LogP contribution in [0.5, 0.6) is 5.75 Å². The van der Waals surface area contributed by atoms with Crippen molar-refractivity contribution in [1.82, 2.24) is 10.2 Å². The highest BCUT2D eigenvalue weighted by molar-refractivity contribution is 6.02. The highest BCUT2D eigenvalue weighted by Gasteiger charge is 2.24. The molecule has 0 radical (unpaired) electrons. The van der Waals surface area contributed by atoms with Gasteiger partial charge in [-0.25, -0.2) is 0 Å². The predicted octanol–water partition coefficient (Wildman–Crippen LogP) is 4.11. The molecule has 32 heavy (non-hydrogen) atoms. The van der Waals surface area contributed by atoms with Gasteiger partial charge in [0.2, 0.25) is 0 Å². The van der Waals surface area contributed by atoms with Crippen molar-refractivity contribution in [2.75, 3.05) is 32.1 Å². The third-order valence-corrected chi connectivity index (χ3v) is 5.67. The number of hydrogen-bond acceptors (Lipinski definition) is 5. The van der Waals surface area contributed by atoms with E-state index in [1.807, 2.05) is 18.2 Å². The van der Waals surface area contributed by atoms with Crippen LogP contribution in [0.2, 0.25) is 0 Å². The zero-order valence-electron chi connectivity index (χ0n) is 18.0. The highest BCUT2D eigenvalue weighted by atomic mass is 16.5. The van der Waals surface area contributed by atoms with Crippen LogP contribution in [0.25, 0.3) is 0 Å². The monoisotopic (exact) mass is 433 g/mol. The first-order valence-electron chi connectivity index (χ1n) is 10.7. The normalized spacial score (nSPS) is 14.7. The average Bonchev–Trinajstić information content (AvgIpc) is 3.55. The predicted molar refractivity (Wildman–Crippen MR) is 122 cm³/mol. The zero-order valence-corrected chi connectivity index (χ0v) is 18.0. The number of amides is 2. The van der Waals surface area contributed by atoms with E-state index in [0.717, 1.165) is 24.4 Å². The number of ether oxygens (including phenoxy) is 1. The third-order valence-electron chi connectivity index (χ3n) is 5.67. The van der Waals surface area contributed by atoms with E-state index in [1.165, 1.54) is 19.1 Å². The fourth-order valence-electron chi connectivity index (χ4n) is 3.96. The van der Waals surface area contributed by atoms with Crippen LogP contribution >= 0.6 is 0 Å². The van der Waals surface area contributed by atoms with Crippen molar-refractivity contribution in [2.45, 2.75) is 18.9 Å². The maximum absolute atomic E-state index is 12.8. The van der Waals surface area contributed by atoms with Gasteiger partial charge in [0.15, 0.2) is 5.76 Å². The lowest BCUT2D eigenvalue weighted by Crippen LogP contribution is -2.36. The third kappa shape index (κ3) is 5.18. The molecule has 1 fully saturated rings. The second kappa shape index (κ2) is 10.2. The summed E-state index contributed by atoms with van der Waals surface area (Å²) >= 11 is 0. The number of carbonyl (C=O) groups is 2. The largest absolute Gasteiger partial charge is 0.497 e. The lowest BCUT2D eigenvalue weighted by atomic mass is 10.0. The minimum Gasteiger partial charge on any atom is -0.497 e. The smallest absolute Gasteiger partial charge is 0.291 e. The number of anilines is 1. The molecule has 4 rings (SSSR count). The molecule has 0 bridgehead atoms. The Labute approximate surface area is 187 Å². The summed E-state index contributed by atoms with van der Waals surface area (Å²) < 4.78 is 10.5. The Kier molecular flexibility index (Phi) is 6.87. The van der Waals surface area contributed by atoms with E-state index in [2.05, 4.69) is 21.6 Å². The van der Waals surface area contributed by atoms with Gasteiger partial charge in [-0.3, -0.25) is 14.5 Å². The van der Waals surface area contributed by atoms with Gasteiger partial charge in [0, 0.05) is 17.8 Å². The van der Waals surface area contributed by atoms with Crippen molar-refractivity contribution in [3.05, 3.63) is 83.8 Å². The molecule has 0 spiro atoms. The summed E-state index contributed by atoms with van der Waals surface area (Å²) in [5.74, 6) is 0.558. The number of nitrogens with zero attached hydrogens (tertiary/aromatic N) is 1. The van der Waals surface area contributed by atoms with Crippen molar-refractivity contribution >= 4 is 17.5 Å². The van der Waals surface area contributed by atoms with Crippen molar-refractivity contribution < 1.29 is 18.7 Å². The lowest BCUT2D eigenvalue weighted by Gasteiger charge is -2.28. The van der Waals surface area contributed by atoms with Crippen LogP contribution < -0.4 is 15.4 Å². The molecule has 2 aromatic carbocycles. The van der Waals surface area contributed by atoms with Crippen molar-refractivity contribution in [3.63, 3.8) is 0 Å². The summed E-state index contributed by atoms with van der Waals surface area (Å²) in [5, 5.41) is 5.82. The standard InChI is InChI=1S/C25H27N3O4/c1-31-21-7-4-6-19(16-21)22(28-13-2-3-14-28)17-26-24(29)18-9-11-20(12-10-18)27-25(30)23-8-5-15-32-23/h4-12,15-16,22H,2-3,13-14,17H2,1H3,(H,26,29)(H,27,30). The summed E-state index contributed by atoms with van der Waals surface area (Å²) in [6.07, 6.45) is 3.78. The Hall–Kier alpha value is -3.58. The van der Waals surface area contributed by atoms with E-state index in [-0.39, 0.29) is 23.6 Å². The van der Waals surface area contributed by atoms with Crippen LogP contribution in [0.15, 0.2) is 71.3 Å². The molecule has 1 aliphatic rings. The molecular formula is C25H27N3O4. The summed E-state index contributed by atoms with van der Waals surface area (Å²) in [6, 6.07) is 18.2. The zero-order chi connectivity index (χ0) is 22.3. The van der Waals surface area contributed by atoms with Gasteiger partial charge in [-0.05, 0) is 80.0 Å². The molecule has 1 atom stereocenters. The first-order valence-corrected chi connectivity index (χ1v) is 10.7. The maximum atomic E-state index is 12.8. The van der Waals surface area contributed by atoms with E-state index in [0.29, 0.717) is 17.8 Å². The second-order valence-corrected chi connectivity index (χ2v) is 7.75. The van der Waals surface area contributed by atoms with Crippen molar-refractivity contribution in [1.29, 1.82) is 0 Å². The number of furan rings is 1. The van der Waals surface area contributed by atoms with E-state index in [4.69, 9.17) is 9.15 Å². The number of hydrogen-bond donors (Lipinski definition) is 2. The Morgan fingerprint density at radius 1 is 1.03 bits per heavy atom. The quantitative estimate of drug-likeness (QED) is 0.559. The van der Waals surface area contributed by atoms with E-state index in [1.54, 1.807) is 43.5 Å². The fourth-order valence-corrected chi connectivity index (χ4v) is 3.96. The van der Waals surface area contributed by atoms with Crippen molar-refractivity contribution in [2.24, 2.45) is 0 Å². The SMILES string of the molecule is COc1cccc(C(CNC(=O)c2ccc(NC(=O)c3ccco3)cc2)N2CCCC2)c1. The minimum atomic E-state index is -0.334. The van der Waals surface area contributed by atoms with E-state index >= 15 is 0 Å². The molecule has 7 heteroatoms. The minimum absolute atomic E-state index is 0.0865. The molecule has 2 N–H and O–H groups in total. The van der Waals surface area contributed by atoms with Gasteiger partial charge in [-0.1, -0.05) is 12.1 Å². The Bertz CT molecular complexity index is 1040. The lowest BCUT2D eigenvalue weighted by molar-refractivity contribution is 0.0937. The number of carbonyl (C=O) groups excluding carboxylic acids is 2. The molecule has 2 amide bonds. The summed E-state index contributed by atoms with van der Waals surface area (Å²) in [5.41, 5.74) is 2.25. The Morgan fingerprint density at radius 2 is 1.81 bits per heavy atom. The van der Waals surface area contributed by atoms with E-state index in [9.17, 15) is 9.59 Å². The molecule has 1 aromatic heterocycles. The van der Waals surface area contributed by atoms with Gasteiger partial charge in [-0.2, -0.15) is 0 Å². The van der Waals surface area contributed by atoms with Gasteiger partial charge < -0.3 is 19.8 Å². The molecule has 0 aliphatic carbocycles. The molecule has 1 saturated heterocycles. The first-order chi connectivity index (χ1) is 15.6. The van der Waals surface area contributed by atoms with Gasteiger partial charge >= 0.3 is 0 Å². The number of nitrogens with one attached hydrogen (secondary N) is 2. The maximum Gasteiger partial charge on any atom is 0.291 e. The van der Waals surface area contributed by atoms with Gasteiger partial charge in [-0.15, -0.1) is 0 Å². The summed E-state index contributed by atoms with van der Waals surface area (Å²) in [4.78, 5) is 27.3. The molecule has 3 aromatic rings.